The molecule has 2 rings (SSSR count). The molecule has 0 radical (unpaired) electrons. The smallest absolute Gasteiger partial charge is 0.0547 e. The number of hydrogen-bond acceptors (Lipinski definition) is 3. The van der Waals surface area contributed by atoms with Crippen molar-refractivity contribution in [2.45, 2.75) is 46.0 Å². The number of hydrogen-bond donors (Lipinski definition) is 2. The van der Waals surface area contributed by atoms with Crippen molar-refractivity contribution in [2.75, 3.05) is 23.7 Å². The number of nitrogens with one attached hydrogen (secondary N) is 2. The highest BCUT2D eigenvalue weighted by Gasteiger charge is 2.19. The summed E-state index contributed by atoms with van der Waals surface area (Å²) in [5.41, 5.74) is 2.23. The lowest BCUT2D eigenvalue weighted by Crippen LogP contribution is -2.21. The summed E-state index contributed by atoms with van der Waals surface area (Å²) >= 11 is 0. The van der Waals surface area contributed by atoms with Crippen LogP contribution in [0.15, 0.2) is 18.5 Å². The van der Waals surface area contributed by atoms with Crippen LogP contribution in [0.2, 0.25) is 0 Å². The lowest BCUT2D eigenvalue weighted by molar-refractivity contribution is 0.278. The molecule has 1 heterocycles. The normalized spacial score (nSPS) is 23.1. The van der Waals surface area contributed by atoms with Crippen LogP contribution < -0.4 is 10.6 Å². The van der Waals surface area contributed by atoms with Crippen molar-refractivity contribution in [3.05, 3.63) is 18.5 Å². The highest BCUT2D eigenvalue weighted by Crippen LogP contribution is 2.30. The average Bonchev–Trinajstić information content (AvgIpc) is 2.46. The molecule has 0 spiro atoms. The van der Waals surface area contributed by atoms with Crippen LogP contribution in [0.1, 0.15) is 46.0 Å². The monoisotopic (exact) mass is 261 g/mol. The van der Waals surface area contributed by atoms with Crippen LogP contribution in [-0.4, -0.2) is 18.1 Å². The van der Waals surface area contributed by atoms with E-state index < -0.39 is 0 Å². The minimum atomic E-state index is 0.839. The van der Waals surface area contributed by atoms with Crippen molar-refractivity contribution in [3.63, 3.8) is 0 Å². The maximum Gasteiger partial charge on any atom is 0.0547 e. The van der Waals surface area contributed by atoms with Crippen molar-refractivity contribution >= 4 is 11.4 Å². The molecular weight excluding hydrogens is 234 g/mol. The Morgan fingerprint density at radius 2 is 1.63 bits per heavy atom. The summed E-state index contributed by atoms with van der Waals surface area (Å²) in [7, 11) is 0. The van der Waals surface area contributed by atoms with E-state index in [-0.39, 0.29) is 0 Å². The summed E-state index contributed by atoms with van der Waals surface area (Å²) in [6, 6.07) is 2.15. The van der Waals surface area contributed by atoms with Crippen LogP contribution in [0, 0.1) is 11.8 Å². The molecule has 0 atom stereocenters. The van der Waals surface area contributed by atoms with Crippen molar-refractivity contribution in [1.29, 1.82) is 0 Å². The van der Waals surface area contributed by atoms with E-state index in [2.05, 4.69) is 35.5 Å². The molecule has 106 valence electrons. The van der Waals surface area contributed by atoms with E-state index in [0.29, 0.717) is 0 Å². The highest BCUT2D eigenvalue weighted by molar-refractivity contribution is 5.53. The minimum absolute atomic E-state index is 0.839. The average molecular weight is 261 g/mol. The Labute approximate surface area is 117 Å². The van der Waals surface area contributed by atoms with Gasteiger partial charge < -0.3 is 10.6 Å². The molecule has 3 nitrogen and oxygen atoms in total. The Hall–Kier alpha value is -1.25. The summed E-state index contributed by atoms with van der Waals surface area (Å²) < 4.78 is 0. The van der Waals surface area contributed by atoms with Crippen molar-refractivity contribution in [2.24, 2.45) is 11.8 Å². The first-order valence-electron chi connectivity index (χ1n) is 7.74. The molecule has 3 heteroatoms. The molecule has 0 amide bonds. The summed E-state index contributed by atoms with van der Waals surface area (Å²) in [4.78, 5) is 4.27. The van der Waals surface area contributed by atoms with Crippen molar-refractivity contribution < 1.29 is 0 Å². The summed E-state index contributed by atoms with van der Waals surface area (Å²) in [6.45, 7) is 6.45. The predicted molar refractivity (Wildman–Crippen MR) is 82.6 cm³/mol. The molecule has 1 aliphatic rings. The van der Waals surface area contributed by atoms with Gasteiger partial charge in [-0.3, -0.25) is 4.98 Å². The summed E-state index contributed by atoms with van der Waals surface area (Å²) in [5, 5.41) is 6.84. The van der Waals surface area contributed by atoms with Gasteiger partial charge in [0.2, 0.25) is 0 Å². The van der Waals surface area contributed by atoms with Gasteiger partial charge in [0.15, 0.2) is 0 Å². The van der Waals surface area contributed by atoms with Crippen LogP contribution in [-0.2, 0) is 0 Å². The molecule has 1 aliphatic carbocycles. The van der Waals surface area contributed by atoms with E-state index in [4.69, 9.17) is 0 Å². The van der Waals surface area contributed by atoms with Crippen molar-refractivity contribution in [3.8, 4) is 0 Å². The Bertz CT molecular complexity index is 370. The van der Waals surface area contributed by atoms with Crippen LogP contribution in [0.25, 0.3) is 0 Å². The third kappa shape index (κ3) is 4.41. The SMILES string of the molecule is CCNc1cncc(NCC2CCC(CC)CC2)c1. The van der Waals surface area contributed by atoms with E-state index >= 15 is 0 Å². The zero-order chi connectivity index (χ0) is 13.5. The van der Waals surface area contributed by atoms with E-state index in [9.17, 15) is 0 Å². The molecule has 0 bridgehead atoms. The van der Waals surface area contributed by atoms with Crippen LogP contribution in [0.4, 0.5) is 11.4 Å². The van der Waals surface area contributed by atoms with Crippen LogP contribution in [0.5, 0.6) is 0 Å². The zero-order valence-electron chi connectivity index (χ0n) is 12.3. The number of rotatable bonds is 6. The minimum Gasteiger partial charge on any atom is -0.384 e. The first-order valence-corrected chi connectivity index (χ1v) is 7.74. The lowest BCUT2D eigenvalue weighted by atomic mass is 9.81. The second-order valence-corrected chi connectivity index (χ2v) is 5.67. The third-order valence-electron chi connectivity index (χ3n) is 4.26. The van der Waals surface area contributed by atoms with E-state index in [1.54, 1.807) is 0 Å². The van der Waals surface area contributed by atoms with Gasteiger partial charge in [0.25, 0.3) is 0 Å². The number of anilines is 2. The Kier molecular flexibility index (Phi) is 5.49. The summed E-state index contributed by atoms with van der Waals surface area (Å²) in [6.07, 6.45) is 10.7. The molecule has 1 aromatic heterocycles. The number of aromatic nitrogens is 1. The second kappa shape index (κ2) is 7.37. The Morgan fingerprint density at radius 1 is 1.00 bits per heavy atom. The van der Waals surface area contributed by atoms with Gasteiger partial charge in [-0.1, -0.05) is 26.2 Å². The van der Waals surface area contributed by atoms with Gasteiger partial charge in [-0.2, -0.15) is 0 Å². The first kappa shape index (κ1) is 14.2. The van der Waals surface area contributed by atoms with E-state index in [0.717, 1.165) is 36.3 Å². The molecule has 1 saturated carbocycles. The Balaban J connectivity index is 1.77. The van der Waals surface area contributed by atoms with Gasteiger partial charge in [0, 0.05) is 13.1 Å². The van der Waals surface area contributed by atoms with Crippen LogP contribution in [0.3, 0.4) is 0 Å². The standard InChI is InChI=1S/C16H27N3/c1-3-13-5-7-14(8-6-13)10-19-16-9-15(18-4-2)11-17-12-16/h9,11-14,18-19H,3-8,10H2,1-2H3. The fourth-order valence-electron chi connectivity index (χ4n) is 2.94. The molecule has 2 N–H and O–H groups in total. The van der Waals surface area contributed by atoms with Gasteiger partial charge in [-0.25, -0.2) is 0 Å². The zero-order valence-corrected chi connectivity index (χ0v) is 12.3. The second-order valence-electron chi connectivity index (χ2n) is 5.67. The molecule has 19 heavy (non-hydrogen) atoms. The molecule has 0 saturated heterocycles. The molecular formula is C16H27N3. The van der Waals surface area contributed by atoms with Gasteiger partial charge in [0.05, 0.1) is 23.8 Å². The molecule has 0 aliphatic heterocycles. The van der Waals surface area contributed by atoms with Gasteiger partial charge in [-0.05, 0) is 37.7 Å². The number of nitrogens with zero attached hydrogens (tertiary/aromatic N) is 1. The maximum absolute atomic E-state index is 4.27. The third-order valence-corrected chi connectivity index (χ3v) is 4.26. The van der Waals surface area contributed by atoms with Gasteiger partial charge in [0.1, 0.15) is 0 Å². The molecule has 0 unspecified atom stereocenters. The van der Waals surface area contributed by atoms with E-state index in [1.807, 2.05) is 12.4 Å². The largest absolute Gasteiger partial charge is 0.384 e. The summed E-state index contributed by atoms with van der Waals surface area (Å²) in [5.74, 6) is 1.82. The Morgan fingerprint density at radius 3 is 2.26 bits per heavy atom. The lowest BCUT2D eigenvalue weighted by Gasteiger charge is -2.28. The van der Waals surface area contributed by atoms with Crippen molar-refractivity contribution in [1.82, 2.24) is 4.98 Å². The highest BCUT2D eigenvalue weighted by atomic mass is 14.9. The van der Waals surface area contributed by atoms with Crippen LogP contribution >= 0.6 is 0 Å². The first-order chi connectivity index (χ1) is 9.31. The van der Waals surface area contributed by atoms with Gasteiger partial charge >= 0.3 is 0 Å². The fourth-order valence-corrected chi connectivity index (χ4v) is 2.94. The maximum atomic E-state index is 4.27. The molecule has 1 aromatic rings. The number of pyridine rings is 1. The molecule has 1 fully saturated rings. The quantitative estimate of drug-likeness (QED) is 0.808. The topological polar surface area (TPSA) is 37.0 Å². The van der Waals surface area contributed by atoms with E-state index in [1.165, 1.54) is 32.1 Å². The predicted octanol–water partition coefficient (Wildman–Crippen LogP) is 4.14. The molecule has 0 aromatic carbocycles. The van der Waals surface area contributed by atoms with Gasteiger partial charge in [-0.15, -0.1) is 0 Å². The fraction of sp³-hybridized carbons (Fsp3) is 0.688.